The van der Waals surface area contributed by atoms with Gasteiger partial charge in [-0.1, -0.05) is 11.6 Å². The van der Waals surface area contributed by atoms with Crippen molar-refractivity contribution in [3.8, 4) is 5.75 Å². The summed E-state index contributed by atoms with van der Waals surface area (Å²) in [6, 6.07) is 17.3. The van der Waals surface area contributed by atoms with Crippen LogP contribution in [-0.2, 0) is 0 Å². The molecule has 0 saturated heterocycles. The van der Waals surface area contributed by atoms with E-state index in [1.165, 1.54) is 0 Å². The maximum absolute atomic E-state index is 6.07. The lowest BCUT2D eigenvalue weighted by molar-refractivity contribution is 0.340. The topological polar surface area (TPSA) is 96.0 Å². The van der Waals surface area contributed by atoms with Gasteiger partial charge in [0.2, 0.25) is 5.95 Å². The monoisotopic (exact) mass is 521 g/mol. The van der Waals surface area contributed by atoms with Crippen LogP contribution in [0.2, 0.25) is 5.02 Å². The number of nitrogens with zero attached hydrogens (tertiary/aromatic N) is 3. The maximum Gasteiger partial charge on any atom is 0.231 e. The van der Waals surface area contributed by atoms with Crippen LogP contribution in [-0.4, -0.2) is 39.8 Å². The Bertz CT molecular complexity index is 1330. The lowest BCUT2D eigenvalue weighted by atomic mass is 10.2. The third-order valence-electron chi connectivity index (χ3n) is 5.18. The molecule has 0 radical (unpaired) electrons. The second-order valence-corrected chi connectivity index (χ2v) is 8.83. The summed E-state index contributed by atoms with van der Waals surface area (Å²) in [6.07, 6.45) is 2.64. The Balaban J connectivity index is 1.24. The number of ether oxygens (including phenoxy) is 1. The Labute approximate surface area is 220 Å². The second-order valence-electron chi connectivity index (χ2n) is 7.98. The molecule has 2 aromatic heterocycles. The van der Waals surface area contributed by atoms with Crippen LogP contribution in [0.3, 0.4) is 0 Å². The Morgan fingerprint density at radius 1 is 1.03 bits per heavy atom. The van der Waals surface area contributed by atoms with Gasteiger partial charge in [0.1, 0.15) is 11.6 Å². The molecule has 186 valence electrons. The molecule has 0 fully saturated rings. The zero-order valence-electron chi connectivity index (χ0n) is 20.1. The highest BCUT2D eigenvalue weighted by molar-refractivity contribution is 7.80. The molecule has 4 N–H and O–H groups in total. The van der Waals surface area contributed by atoms with Crippen LogP contribution in [0.15, 0.2) is 60.8 Å². The average molecular weight is 522 g/mol. The van der Waals surface area contributed by atoms with Crippen LogP contribution in [0.1, 0.15) is 19.0 Å². The molecule has 0 spiro atoms. The summed E-state index contributed by atoms with van der Waals surface area (Å²) in [7, 11) is 0. The number of nitrogens with one attached hydrogen (secondary N) is 4. The molecule has 0 aliphatic carbocycles. The first kappa shape index (κ1) is 25.4. The van der Waals surface area contributed by atoms with Crippen molar-refractivity contribution in [2.75, 3.05) is 35.6 Å². The highest BCUT2D eigenvalue weighted by Gasteiger charge is 2.06. The number of benzene rings is 2. The number of aryl methyl sites for hydroxylation is 1. The van der Waals surface area contributed by atoms with Gasteiger partial charge in [0.15, 0.2) is 5.11 Å². The number of hydrogen-bond acceptors (Lipinski definition) is 7. The van der Waals surface area contributed by atoms with E-state index in [9.17, 15) is 0 Å². The van der Waals surface area contributed by atoms with Gasteiger partial charge < -0.3 is 26.0 Å². The summed E-state index contributed by atoms with van der Waals surface area (Å²) in [6.45, 7) is 5.97. The lowest BCUT2D eigenvalue weighted by Crippen LogP contribution is -2.31. The fraction of sp³-hybridized carbons (Fsp3) is 0.231. The van der Waals surface area contributed by atoms with Crippen molar-refractivity contribution in [1.82, 2.24) is 20.3 Å². The summed E-state index contributed by atoms with van der Waals surface area (Å²) >= 11 is 11.5. The number of aromatic nitrogens is 3. The van der Waals surface area contributed by atoms with Crippen molar-refractivity contribution in [3.63, 3.8) is 0 Å². The van der Waals surface area contributed by atoms with Crippen molar-refractivity contribution < 1.29 is 4.74 Å². The van der Waals surface area contributed by atoms with Gasteiger partial charge in [-0.2, -0.15) is 4.98 Å². The van der Waals surface area contributed by atoms with Gasteiger partial charge in [0.25, 0.3) is 0 Å². The molecule has 0 unspecified atom stereocenters. The molecule has 36 heavy (non-hydrogen) atoms. The summed E-state index contributed by atoms with van der Waals surface area (Å²) < 4.78 is 5.49. The molecule has 0 bridgehead atoms. The lowest BCUT2D eigenvalue weighted by Gasteiger charge is -2.13. The van der Waals surface area contributed by atoms with Gasteiger partial charge >= 0.3 is 0 Å². The smallest absolute Gasteiger partial charge is 0.231 e. The van der Waals surface area contributed by atoms with Crippen LogP contribution in [0.5, 0.6) is 5.75 Å². The molecule has 0 saturated carbocycles. The summed E-state index contributed by atoms with van der Waals surface area (Å²) in [5.74, 6) is 1.93. The van der Waals surface area contributed by atoms with Gasteiger partial charge in [-0.25, -0.2) is 4.98 Å². The zero-order chi connectivity index (χ0) is 25.3. The molecule has 4 aromatic rings. The SMILES string of the molecule is CCOc1ccc(Nc2cc(C)nc(NC(=S)NCCCNc3ccnc4cc(Cl)ccc34)n2)cc1. The Morgan fingerprint density at radius 2 is 1.86 bits per heavy atom. The van der Waals surface area contributed by atoms with E-state index in [1.807, 2.05) is 68.4 Å². The number of pyridine rings is 1. The minimum absolute atomic E-state index is 0.431. The molecule has 0 aliphatic rings. The van der Waals surface area contributed by atoms with Gasteiger partial charge in [-0.3, -0.25) is 4.98 Å². The normalized spacial score (nSPS) is 10.6. The predicted molar refractivity (Wildman–Crippen MR) is 152 cm³/mol. The second kappa shape index (κ2) is 12.3. The summed E-state index contributed by atoms with van der Waals surface area (Å²) in [4.78, 5) is 13.3. The van der Waals surface area contributed by atoms with E-state index >= 15 is 0 Å². The highest BCUT2D eigenvalue weighted by atomic mass is 35.5. The van der Waals surface area contributed by atoms with Crippen LogP contribution in [0, 0.1) is 6.92 Å². The van der Waals surface area contributed by atoms with E-state index in [0.717, 1.165) is 46.7 Å². The predicted octanol–water partition coefficient (Wildman–Crippen LogP) is 5.92. The first-order valence-corrected chi connectivity index (χ1v) is 12.5. The number of anilines is 4. The number of halogens is 1. The van der Waals surface area contributed by atoms with E-state index in [1.54, 1.807) is 6.20 Å². The van der Waals surface area contributed by atoms with E-state index in [4.69, 9.17) is 28.6 Å². The summed E-state index contributed by atoms with van der Waals surface area (Å²) in [5, 5.41) is 15.2. The fourth-order valence-corrected chi connectivity index (χ4v) is 3.93. The number of rotatable bonds is 10. The van der Waals surface area contributed by atoms with Crippen molar-refractivity contribution in [2.24, 2.45) is 0 Å². The minimum atomic E-state index is 0.431. The molecular formula is C26H28ClN7OS. The number of thiocarbonyl (C=S) groups is 1. The van der Waals surface area contributed by atoms with Crippen LogP contribution in [0.25, 0.3) is 10.9 Å². The molecule has 0 atom stereocenters. The quantitative estimate of drug-likeness (QED) is 0.150. The average Bonchev–Trinajstić information content (AvgIpc) is 2.84. The van der Waals surface area contributed by atoms with E-state index < -0.39 is 0 Å². The van der Waals surface area contributed by atoms with Crippen molar-refractivity contribution in [1.29, 1.82) is 0 Å². The van der Waals surface area contributed by atoms with E-state index in [-0.39, 0.29) is 0 Å². The molecule has 0 aliphatic heterocycles. The zero-order valence-corrected chi connectivity index (χ0v) is 21.7. The Morgan fingerprint density at radius 3 is 2.67 bits per heavy atom. The molecule has 4 rings (SSSR count). The van der Waals surface area contributed by atoms with Crippen LogP contribution >= 0.6 is 23.8 Å². The fourth-order valence-electron chi connectivity index (χ4n) is 3.57. The molecular weight excluding hydrogens is 494 g/mol. The maximum atomic E-state index is 6.07. The highest BCUT2D eigenvalue weighted by Crippen LogP contribution is 2.24. The molecule has 2 heterocycles. The van der Waals surface area contributed by atoms with Gasteiger partial charge in [0.05, 0.1) is 12.1 Å². The van der Waals surface area contributed by atoms with Crippen molar-refractivity contribution in [2.45, 2.75) is 20.3 Å². The van der Waals surface area contributed by atoms with Gasteiger partial charge in [-0.15, -0.1) is 0 Å². The molecule has 10 heteroatoms. The number of fused-ring (bicyclic) bond motifs is 1. The van der Waals surface area contributed by atoms with Gasteiger partial charge in [0, 0.05) is 52.8 Å². The summed E-state index contributed by atoms with van der Waals surface area (Å²) in [5.41, 5.74) is 3.61. The molecule has 8 nitrogen and oxygen atoms in total. The van der Waals surface area contributed by atoms with Crippen molar-refractivity contribution in [3.05, 3.63) is 71.5 Å². The van der Waals surface area contributed by atoms with Crippen LogP contribution in [0.4, 0.5) is 23.1 Å². The Kier molecular flexibility index (Phi) is 8.70. The first-order chi connectivity index (χ1) is 17.5. The third kappa shape index (κ3) is 7.16. The number of hydrogen-bond donors (Lipinski definition) is 4. The third-order valence-corrected chi connectivity index (χ3v) is 5.66. The Hall–Kier alpha value is -3.69. The molecule has 0 amide bonds. The minimum Gasteiger partial charge on any atom is -0.494 e. The standard InChI is InChI=1S/C26H28ClN7OS/c1-3-35-20-8-6-19(7-9-20)32-24-15-17(2)31-25(33-24)34-26(36)30-13-4-12-28-22-11-14-29-23-16-18(27)5-10-21(22)23/h5-11,14-16H,3-4,12-13H2,1-2H3,(H,28,29)(H3,30,31,32,33,34,36). The largest absolute Gasteiger partial charge is 0.494 e. The van der Waals surface area contributed by atoms with E-state index in [0.29, 0.717) is 35.1 Å². The van der Waals surface area contributed by atoms with Crippen molar-refractivity contribution >= 4 is 63.0 Å². The first-order valence-electron chi connectivity index (χ1n) is 11.7. The van der Waals surface area contributed by atoms with Gasteiger partial charge in [-0.05, 0) is 81.0 Å². The van der Waals surface area contributed by atoms with E-state index in [2.05, 4.69) is 36.2 Å². The van der Waals surface area contributed by atoms with Crippen LogP contribution < -0.4 is 26.0 Å². The molecule has 2 aromatic carbocycles.